The average molecular weight is 580 g/mol. The van der Waals surface area contributed by atoms with Gasteiger partial charge in [0.2, 0.25) is 0 Å². The van der Waals surface area contributed by atoms with Crippen LogP contribution in [-0.4, -0.2) is 23.0 Å². The molecule has 0 saturated heterocycles. The molecule has 1 heterocycles. The summed E-state index contributed by atoms with van der Waals surface area (Å²) in [5, 5.41) is 21.6. The maximum Gasteiger partial charge on any atom is 0.161 e. The van der Waals surface area contributed by atoms with Crippen molar-refractivity contribution in [2.24, 2.45) is 0 Å². The number of anilines is 1. The maximum atomic E-state index is 13.5. The van der Waals surface area contributed by atoms with Crippen LogP contribution in [0.4, 0.5) is 5.69 Å². The van der Waals surface area contributed by atoms with Gasteiger partial charge >= 0.3 is 0 Å². The normalized spacial score (nSPS) is 19.4. The molecule has 1 atom stereocenters. The second-order valence-corrected chi connectivity index (χ2v) is 11.0. The van der Waals surface area contributed by atoms with Crippen molar-refractivity contribution in [3.05, 3.63) is 110 Å². The smallest absolute Gasteiger partial charge is 0.161 e. The monoisotopic (exact) mass is 578 g/mol. The molecule has 1 unspecified atom stereocenters. The Morgan fingerprint density at radius 1 is 1.08 bits per heavy atom. The predicted octanol–water partition coefficient (Wildman–Crippen LogP) is 8.38. The fourth-order valence-electron chi connectivity index (χ4n) is 4.98. The van der Waals surface area contributed by atoms with Crippen LogP contribution in [0.2, 0.25) is 5.02 Å². The van der Waals surface area contributed by atoms with Gasteiger partial charge in [-0.15, -0.1) is 11.8 Å². The van der Waals surface area contributed by atoms with E-state index in [9.17, 15) is 15.3 Å². The molecule has 0 bridgehead atoms. The van der Waals surface area contributed by atoms with Gasteiger partial charge in [0.15, 0.2) is 5.78 Å². The van der Waals surface area contributed by atoms with Crippen LogP contribution in [-0.2, 0) is 4.79 Å². The lowest BCUT2D eigenvalue weighted by atomic mass is 9.73. The number of ketones is 1. The minimum Gasteiger partial charge on any atom is -0.507 e. The summed E-state index contributed by atoms with van der Waals surface area (Å²) in [7, 11) is 0. The average Bonchev–Trinajstić information content (AvgIpc) is 2.88. The number of aliphatic hydroxyl groups excluding tert-OH is 1. The highest BCUT2D eigenvalue weighted by Crippen LogP contribution is 2.48. The number of halogens is 2. The first-order valence-electron chi connectivity index (χ1n) is 11.6. The Morgan fingerprint density at radius 2 is 1.81 bits per heavy atom. The van der Waals surface area contributed by atoms with E-state index in [1.54, 1.807) is 36.0 Å². The Hall–Kier alpha value is -2.80. The molecule has 3 aromatic rings. The summed E-state index contributed by atoms with van der Waals surface area (Å²) in [6, 6.07) is 22.6. The fourth-order valence-corrected chi connectivity index (χ4v) is 5.91. The Kier molecular flexibility index (Phi) is 7.11. The van der Waals surface area contributed by atoms with E-state index >= 15 is 0 Å². The van der Waals surface area contributed by atoms with Gasteiger partial charge in [0.05, 0.1) is 0 Å². The first-order chi connectivity index (χ1) is 17.4. The summed E-state index contributed by atoms with van der Waals surface area (Å²) in [6.07, 6.45) is 3.89. The van der Waals surface area contributed by atoms with Crippen molar-refractivity contribution < 1.29 is 9.90 Å². The number of rotatable bonds is 4. The van der Waals surface area contributed by atoms with Crippen molar-refractivity contribution >= 4 is 62.4 Å². The van der Waals surface area contributed by atoms with E-state index in [1.165, 1.54) is 0 Å². The summed E-state index contributed by atoms with van der Waals surface area (Å²) in [5.41, 5.74) is 4.10. The summed E-state index contributed by atoms with van der Waals surface area (Å²) in [4.78, 5) is 16.5. The van der Waals surface area contributed by atoms with E-state index in [4.69, 9.17) is 11.6 Å². The van der Waals surface area contributed by atoms with Gasteiger partial charge in [0.1, 0.15) is 11.6 Å². The third-order valence-corrected chi connectivity index (χ3v) is 8.13. The number of nitrogens with one attached hydrogen (secondary N) is 1. The molecule has 0 radical (unpaired) electrons. The molecule has 7 heteroatoms. The lowest BCUT2D eigenvalue weighted by Gasteiger charge is -2.42. The van der Waals surface area contributed by atoms with E-state index in [-0.39, 0.29) is 17.4 Å². The number of Topliss-reactive ketones (excluding diaryl/α,β-unsaturated/α-hetero) is 1. The van der Waals surface area contributed by atoms with Crippen LogP contribution in [0.1, 0.15) is 36.3 Å². The number of carbonyl (C=O) groups is 1. The highest BCUT2D eigenvalue weighted by atomic mass is 79.9. The van der Waals surface area contributed by atoms with Crippen molar-refractivity contribution in [3.63, 3.8) is 0 Å². The number of allylic oxidation sites excluding steroid dienone is 2. The minimum absolute atomic E-state index is 0.0273. The predicted molar refractivity (Wildman–Crippen MR) is 152 cm³/mol. The fraction of sp³-hybridized carbons (Fsp3) is 0.172. The van der Waals surface area contributed by atoms with E-state index in [1.807, 2.05) is 59.7 Å². The molecule has 0 aromatic heterocycles. The van der Waals surface area contributed by atoms with E-state index in [0.29, 0.717) is 34.6 Å². The Morgan fingerprint density at radius 3 is 2.47 bits per heavy atom. The van der Waals surface area contributed by atoms with Crippen molar-refractivity contribution in [2.75, 3.05) is 11.2 Å². The lowest BCUT2D eigenvalue weighted by molar-refractivity contribution is -0.116. The van der Waals surface area contributed by atoms with Crippen LogP contribution in [0.15, 0.2) is 99.0 Å². The molecule has 0 amide bonds. The molecule has 1 aliphatic heterocycles. The molecule has 36 heavy (non-hydrogen) atoms. The second-order valence-electron chi connectivity index (χ2n) is 8.78. The van der Waals surface area contributed by atoms with E-state index < -0.39 is 5.92 Å². The highest BCUT2D eigenvalue weighted by molar-refractivity contribution is 9.10. The molecule has 5 rings (SSSR count). The van der Waals surface area contributed by atoms with Gasteiger partial charge in [0.25, 0.3) is 0 Å². The van der Waals surface area contributed by atoms with Gasteiger partial charge in [-0.2, -0.15) is 0 Å². The standard InChI is InChI=1S/C29H24BrClN2O2S/c1-36-22-14-10-17(11-15-22)25-26-23(6-3-7-24(26)34)33(21-5-2-4-19(30)16-21)29(32)27(25)28(35)18-8-12-20(31)13-9-18/h2,4-5,8-16,25,32,35H,3,6-7H2,1H3/b28-27+,32-29?. The maximum absolute atomic E-state index is 13.5. The number of benzene rings is 3. The van der Waals surface area contributed by atoms with Gasteiger partial charge in [-0.3, -0.25) is 15.1 Å². The van der Waals surface area contributed by atoms with Crippen molar-refractivity contribution in [3.8, 4) is 0 Å². The first-order valence-corrected chi connectivity index (χ1v) is 14.0. The quantitative estimate of drug-likeness (QED) is 0.241. The van der Waals surface area contributed by atoms with E-state index in [0.717, 1.165) is 32.7 Å². The number of thioether (sulfide) groups is 1. The topological polar surface area (TPSA) is 64.4 Å². The van der Waals surface area contributed by atoms with Gasteiger partial charge in [-0.05, 0) is 79.3 Å². The molecule has 4 nitrogen and oxygen atoms in total. The van der Waals surface area contributed by atoms with Crippen molar-refractivity contribution in [1.29, 1.82) is 5.41 Å². The molecule has 0 spiro atoms. The molecule has 182 valence electrons. The zero-order chi connectivity index (χ0) is 25.4. The molecule has 2 N–H and O–H groups in total. The number of amidine groups is 1. The Bertz CT molecular complexity index is 1410. The number of carbonyl (C=O) groups excluding carboxylic acids is 1. The number of hydrogen-bond acceptors (Lipinski definition) is 4. The summed E-state index contributed by atoms with van der Waals surface area (Å²) >= 11 is 11.3. The SMILES string of the molecule is CSc1ccc(C2C3=C(CCCC3=O)N(c3cccc(Br)c3)C(=N)/C2=C(/O)c2ccc(Cl)cc2)cc1. The molecule has 0 saturated carbocycles. The highest BCUT2D eigenvalue weighted by Gasteiger charge is 2.43. The van der Waals surface area contributed by atoms with Gasteiger partial charge in [-0.25, -0.2) is 0 Å². The van der Waals surface area contributed by atoms with Gasteiger partial charge in [0, 0.05) is 54.8 Å². The van der Waals surface area contributed by atoms with Crippen LogP contribution in [0.3, 0.4) is 0 Å². The number of aliphatic hydroxyl groups is 1. The first kappa shape index (κ1) is 24.9. The lowest BCUT2D eigenvalue weighted by Crippen LogP contribution is -2.42. The summed E-state index contributed by atoms with van der Waals surface area (Å²) < 4.78 is 0.874. The molecule has 2 aliphatic rings. The van der Waals surface area contributed by atoms with Crippen molar-refractivity contribution in [2.45, 2.75) is 30.1 Å². The minimum atomic E-state index is -0.546. The molecule has 0 fully saturated rings. The van der Waals surface area contributed by atoms with Gasteiger partial charge < -0.3 is 5.11 Å². The van der Waals surface area contributed by atoms with Crippen LogP contribution in [0.25, 0.3) is 5.76 Å². The van der Waals surface area contributed by atoms with Crippen molar-refractivity contribution in [1.82, 2.24) is 0 Å². The molecular weight excluding hydrogens is 556 g/mol. The molecule has 3 aromatic carbocycles. The summed E-state index contributed by atoms with van der Waals surface area (Å²) in [5.74, 6) is -0.354. The van der Waals surface area contributed by atoms with Crippen LogP contribution >= 0.6 is 39.3 Å². The second kappa shape index (κ2) is 10.3. The third-order valence-electron chi connectivity index (χ3n) is 6.64. The third kappa shape index (κ3) is 4.54. The van der Waals surface area contributed by atoms with Crippen LogP contribution < -0.4 is 4.90 Å². The van der Waals surface area contributed by atoms with E-state index in [2.05, 4.69) is 15.9 Å². The van der Waals surface area contributed by atoms with Crippen LogP contribution in [0, 0.1) is 5.41 Å². The summed E-state index contributed by atoms with van der Waals surface area (Å²) in [6.45, 7) is 0. The number of nitrogens with zero attached hydrogens (tertiary/aromatic N) is 1. The zero-order valence-corrected chi connectivity index (χ0v) is 22.8. The molecule has 1 aliphatic carbocycles. The Balaban J connectivity index is 1.81. The Labute approximate surface area is 228 Å². The van der Waals surface area contributed by atoms with Gasteiger partial charge in [-0.1, -0.05) is 45.7 Å². The van der Waals surface area contributed by atoms with Crippen LogP contribution in [0.5, 0.6) is 0 Å². The number of hydrogen-bond donors (Lipinski definition) is 2. The largest absolute Gasteiger partial charge is 0.507 e. The molecular formula is C29H24BrClN2O2S. The zero-order valence-electron chi connectivity index (χ0n) is 19.6.